The van der Waals surface area contributed by atoms with E-state index in [1.165, 1.54) is 29.1 Å². The molecule has 13 heavy (non-hydrogen) atoms. The van der Waals surface area contributed by atoms with Gasteiger partial charge in [0.05, 0.1) is 0 Å². The molecule has 0 saturated heterocycles. The number of hydrogen-bond donors (Lipinski definition) is 1. The second-order valence-electron chi connectivity index (χ2n) is 3.36. The number of aryl methyl sites for hydroxylation is 1. The van der Waals surface area contributed by atoms with Gasteiger partial charge < -0.3 is 5.32 Å². The number of benzene rings is 1. The lowest BCUT2D eigenvalue weighted by Crippen LogP contribution is -2.18. The van der Waals surface area contributed by atoms with Gasteiger partial charge in [-0.25, -0.2) is 0 Å². The van der Waals surface area contributed by atoms with Gasteiger partial charge in [0.1, 0.15) is 0 Å². The molecule has 0 radical (unpaired) electrons. The van der Waals surface area contributed by atoms with Crippen molar-refractivity contribution in [1.29, 1.82) is 0 Å². The molecule has 0 bridgehead atoms. The van der Waals surface area contributed by atoms with Gasteiger partial charge >= 0.3 is 0 Å². The van der Waals surface area contributed by atoms with Gasteiger partial charge in [-0.05, 0) is 30.3 Å². The predicted molar refractivity (Wildman–Crippen MR) is 59.3 cm³/mol. The first-order valence-corrected chi connectivity index (χ1v) is 5.90. The molecule has 0 aromatic heterocycles. The maximum absolute atomic E-state index is 3.38. The zero-order valence-electron chi connectivity index (χ0n) is 7.92. The van der Waals surface area contributed by atoms with Crippen molar-refractivity contribution in [1.82, 2.24) is 5.32 Å². The second-order valence-corrected chi connectivity index (χ2v) is 4.51. The SMILES string of the molecule is CNC1CSCCc2ccccc21. The summed E-state index contributed by atoms with van der Waals surface area (Å²) in [4.78, 5) is 0. The summed E-state index contributed by atoms with van der Waals surface area (Å²) in [7, 11) is 2.05. The molecule has 1 nitrogen and oxygen atoms in total. The summed E-state index contributed by atoms with van der Waals surface area (Å²) in [6, 6.07) is 9.33. The Morgan fingerprint density at radius 1 is 1.38 bits per heavy atom. The largest absolute Gasteiger partial charge is 0.312 e. The minimum atomic E-state index is 0.545. The van der Waals surface area contributed by atoms with E-state index in [0.29, 0.717) is 6.04 Å². The summed E-state index contributed by atoms with van der Waals surface area (Å²) < 4.78 is 0. The number of thioether (sulfide) groups is 1. The molecule has 0 amide bonds. The summed E-state index contributed by atoms with van der Waals surface area (Å²) in [6.45, 7) is 0. The van der Waals surface area contributed by atoms with Gasteiger partial charge in [0.25, 0.3) is 0 Å². The van der Waals surface area contributed by atoms with Crippen LogP contribution in [-0.2, 0) is 6.42 Å². The first-order valence-electron chi connectivity index (χ1n) is 4.74. The maximum atomic E-state index is 3.38. The van der Waals surface area contributed by atoms with Gasteiger partial charge in [-0.2, -0.15) is 11.8 Å². The molecule has 1 aliphatic heterocycles. The van der Waals surface area contributed by atoms with Crippen LogP contribution in [0.2, 0.25) is 0 Å². The van der Waals surface area contributed by atoms with E-state index >= 15 is 0 Å². The van der Waals surface area contributed by atoms with E-state index in [2.05, 4.69) is 29.6 Å². The van der Waals surface area contributed by atoms with Crippen LogP contribution in [0, 0.1) is 0 Å². The molecule has 0 aliphatic carbocycles. The smallest absolute Gasteiger partial charge is 0.0412 e. The molecule has 70 valence electrons. The van der Waals surface area contributed by atoms with Crippen molar-refractivity contribution in [2.24, 2.45) is 0 Å². The van der Waals surface area contributed by atoms with E-state index in [1.54, 1.807) is 0 Å². The number of fused-ring (bicyclic) bond motifs is 1. The number of rotatable bonds is 1. The van der Waals surface area contributed by atoms with Gasteiger partial charge in [-0.1, -0.05) is 24.3 Å². The third kappa shape index (κ3) is 1.89. The van der Waals surface area contributed by atoms with Crippen molar-refractivity contribution in [2.75, 3.05) is 18.6 Å². The van der Waals surface area contributed by atoms with Crippen LogP contribution in [0.5, 0.6) is 0 Å². The monoisotopic (exact) mass is 193 g/mol. The van der Waals surface area contributed by atoms with E-state index in [-0.39, 0.29) is 0 Å². The third-order valence-electron chi connectivity index (χ3n) is 2.58. The molecule has 1 heterocycles. The van der Waals surface area contributed by atoms with E-state index in [0.717, 1.165) is 0 Å². The summed E-state index contributed by atoms with van der Waals surface area (Å²) >= 11 is 2.04. The highest BCUT2D eigenvalue weighted by Gasteiger charge is 2.15. The third-order valence-corrected chi connectivity index (χ3v) is 3.64. The Morgan fingerprint density at radius 2 is 2.23 bits per heavy atom. The van der Waals surface area contributed by atoms with Crippen molar-refractivity contribution in [3.8, 4) is 0 Å². The summed E-state index contributed by atoms with van der Waals surface area (Å²) in [5.41, 5.74) is 3.02. The molecule has 1 N–H and O–H groups in total. The average molecular weight is 193 g/mol. The second kappa shape index (κ2) is 4.16. The minimum absolute atomic E-state index is 0.545. The van der Waals surface area contributed by atoms with Crippen molar-refractivity contribution in [2.45, 2.75) is 12.5 Å². The number of nitrogens with one attached hydrogen (secondary N) is 1. The van der Waals surface area contributed by atoms with Crippen LogP contribution in [0.4, 0.5) is 0 Å². The molecule has 2 rings (SSSR count). The highest BCUT2D eigenvalue weighted by molar-refractivity contribution is 7.99. The van der Waals surface area contributed by atoms with Gasteiger partial charge in [-0.3, -0.25) is 0 Å². The molecule has 0 fully saturated rings. The van der Waals surface area contributed by atoms with Crippen LogP contribution in [0.1, 0.15) is 17.2 Å². The first-order chi connectivity index (χ1) is 6.42. The molecular weight excluding hydrogens is 178 g/mol. The van der Waals surface area contributed by atoms with Crippen LogP contribution >= 0.6 is 11.8 Å². The molecule has 2 heteroatoms. The Hall–Kier alpha value is -0.470. The molecular formula is C11H15NS. The van der Waals surface area contributed by atoms with Crippen LogP contribution < -0.4 is 5.32 Å². The average Bonchev–Trinajstić information content (AvgIpc) is 2.39. The fourth-order valence-electron chi connectivity index (χ4n) is 1.81. The fraction of sp³-hybridized carbons (Fsp3) is 0.455. The summed E-state index contributed by atoms with van der Waals surface area (Å²) in [5, 5.41) is 3.38. The van der Waals surface area contributed by atoms with Crippen LogP contribution in [-0.4, -0.2) is 18.6 Å². The highest BCUT2D eigenvalue weighted by Crippen LogP contribution is 2.26. The summed E-state index contributed by atoms with van der Waals surface area (Å²) in [5.74, 6) is 2.46. The molecule has 1 unspecified atom stereocenters. The molecule has 1 aromatic carbocycles. The lowest BCUT2D eigenvalue weighted by Gasteiger charge is -2.15. The van der Waals surface area contributed by atoms with Crippen molar-refractivity contribution < 1.29 is 0 Å². The zero-order chi connectivity index (χ0) is 9.10. The lowest BCUT2D eigenvalue weighted by atomic mass is 10.00. The molecule has 0 spiro atoms. The van der Waals surface area contributed by atoms with E-state index in [4.69, 9.17) is 0 Å². The van der Waals surface area contributed by atoms with E-state index < -0.39 is 0 Å². The van der Waals surface area contributed by atoms with Gasteiger partial charge in [0, 0.05) is 11.8 Å². The standard InChI is InChI=1S/C11H15NS/c1-12-11-8-13-7-6-9-4-2-3-5-10(9)11/h2-5,11-12H,6-8H2,1H3. The highest BCUT2D eigenvalue weighted by atomic mass is 32.2. The Balaban J connectivity index is 2.35. The van der Waals surface area contributed by atoms with Crippen molar-refractivity contribution in [3.63, 3.8) is 0 Å². The number of hydrogen-bond acceptors (Lipinski definition) is 2. The topological polar surface area (TPSA) is 12.0 Å². The van der Waals surface area contributed by atoms with Gasteiger partial charge in [0.15, 0.2) is 0 Å². The predicted octanol–water partition coefficient (Wildman–Crippen LogP) is 2.24. The fourth-order valence-corrected chi connectivity index (χ4v) is 2.93. The van der Waals surface area contributed by atoms with Crippen molar-refractivity contribution in [3.05, 3.63) is 35.4 Å². The molecule has 1 aliphatic rings. The van der Waals surface area contributed by atoms with Crippen molar-refractivity contribution >= 4 is 11.8 Å². The molecule has 1 atom stereocenters. The first kappa shape index (κ1) is 9.10. The molecule has 0 saturated carbocycles. The van der Waals surface area contributed by atoms with Crippen LogP contribution in [0.15, 0.2) is 24.3 Å². The Kier molecular flexibility index (Phi) is 2.91. The van der Waals surface area contributed by atoms with Crippen LogP contribution in [0.25, 0.3) is 0 Å². The van der Waals surface area contributed by atoms with Gasteiger partial charge in [-0.15, -0.1) is 0 Å². The van der Waals surface area contributed by atoms with Crippen LogP contribution in [0.3, 0.4) is 0 Å². The van der Waals surface area contributed by atoms with E-state index in [1.807, 2.05) is 18.8 Å². The maximum Gasteiger partial charge on any atom is 0.0412 e. The molecule has 1 aromatic rings. The minimum Gasteiger partial charge on any atom is -0.312 e. The summed E-state index contributed by atoms with van der Waals surface area (Å²) in [6.07, 6.45) is 1.22. The quantitative estimate of drug-likeness (QED) is 0.734. The van der Waals surface area contributed by atoms with Gasteiger partial charge in [0.2, 0.25) is 0 Å². The van der Waals surface area contributed by atoms with E-state index in [9.17, 15) is 0 Å². The Morgan fingerprint density at radius 3 is 3.08 bits per heavy atom. The Labute approximate surface area is 83.9 Å². The normalized spacial score (nSPS) is 22.1. The Bertz CT molecular complexity index is 285. The lowest BCUT2D eigenvalue weighted by molar-refractivity contribution is 0.659. The zero-order valence-corrected chi connectivity index (χ0v) is 8.73.